The van der Waals surface area contributed by atoms with Gasteiger partial charge in [0, 0.05) is 17.3 Å². The molecule has 2 N–H and O–H groups in total. The molecule has 21 heavy (non-hydrogen) atoms. The minimum atomic E-state index is -0.275. The molecule has 0 saturated heterocycles. The first-order valence-electron chi connectivity index (χ1n) is 6.60. The summed E-state index contributed by atoms with van der Waals surface area (Å²) in [6.07, 6.45) is 0.646. The van der Waals surface area contributed by atoms with E-state index in [1.54, 1.807) is 30.3 Å². The highest BCUT2D eigenvalue weighted by Crippen LogP contribution is 2.19. The van der Waals surface area contributed by atoms with E-state index in [0.29, 0.717) is 18.0 Å². The second-order valence-electron chi connectivity index (χ2n) is 4.72. The number of carbonyl (C=O) groups excluding carboxylic acids is 1. The van der Waals surface area contributed by atoms with Gasteiger partial charge in [-0.25, -0.2) is 9.18 Å². The minimum Gasteiger partial charge on any atom is -0.338 e. The molecule has 2 amide bonds. The third-order valence-corrected chi connectivity index (χ3v) is 3.28. The van der Waals surface area contributed by atoms with Crippen molar-refractivity contribution in [2.45, 2.75) is 13.3 Å². The highest BCUT2D eigenvalue weighted by Gasteiger charge is 2.04. The van der Waals surface area contributed by atoms with Crippen molar-refractivity contribution in [1.82, 2.24) is 5.32 Å². The van der Waals surface area contributed by atoms with E-state index in [-0.39, 0.29) is 11.8 Å². The Morgan fingerprint density at radius 1 is 1.19 bits per heavy atom. The number of hydrogen-bond acceptors (Lipinski definition) is 1. The molecular weight excluding hydrogens is 291 g/mol. The van der Waals surface area contributed by atoms with Crippen molar-refractivity contribution in [2.24, 2.45) is 0 Å². The zero-order chi connectivity index (χ0) is 15.2. The maximum absolute atomic E-state index is 12.8. The Balaban J connectivity index is 1.81. The van der Waals surface area contributed by atoms with E-state index >= 15 is 0 Å². The lowest BCUT2D eigenvalue weighted by Crippen LogP contribution is -2.30. The zero-order valence-electron chi connectivity index (χ0n) is 11.6. The normalized spacial score (nSPS) is 10.2. The van der Waals surface area contributed by atoms with Gasteiger partial charge in [0.2, 0.25) is 0 Å². The fraction of sp³-hybridized carbons (Fsp3) is 0.188. The monoisotopic (exact) mass is 306 g/mol. The van der Waals surface area contributed by atoms with Gasteiger partial charge in [0.1, 0.15) is 5.82 Å². The van der Waals surface area contributed by atoms with E-state index in [1.807, 2.05) is 6.92 Å². The van der Waals surface area contributed by atoms with E-state index in [9.17, 15) is 9.18 Å². The molecule has 0 unspecified atom stereocenters. The zero-order valence-corrected chi connectivity index (χ0v) is 12.4. The Kier molecular flexibility index (Phi) is 5.17. The average Bonchev–Trinajstić information content (AvgIpc) is 2.44. The molecule has 2 rings (SSSR count). The molecule has 2 aromatic carbocycles. The lowest BCUT2D eigenvalue weighted by Gasteiger charge is -2.10. The number of rotatable bonds is 4. The molecule has 0 aliphatic carbocycles. The van der Waals surface area contributed by atoms with E-state index in [1.165, 1.54) is 12.1 Å². The van der Waals surface area contributed by atoms with Gasteiger partial charge < -0.3 is 10.6 Å². The second kappa shape index (κ2) is 7.09. The van der Waals surface area contributed by atoms with Crippen molar-refractivity contribution in [3.05, 3.63) is 64.4 Å². The number of carbonyl (C=O) groups is 1. The predicted octanol–water partition coefficient (Wildman–Crippen LogP) is 4.15. The topological polar surface area (TPSA) is 41.1 Å². The Morgan fingerprint density at radius 3 is 2.57 bits per heavy atom. The van der Waals surface area contributed by atoms with Crippen molar-refractivity contribution in [2.75, 3.05) is 11.9 Å². The highest BCUT2D eigenvalue weighted by molar-refractivity contribution is 6.30. The summed E-state index contributed by atoms with van der Waals surface area (Å²) in [5, 5.41) is 6.16. The molecule has 0 radical (unpaired) electrons. The van der Waals surface area contributed by atoms with Gasteiger partial charge in [-0.05, 0) is 54.8 Å². The molecule has 0 aromatic heterocycles. The summed E-state index contributed by atoms with van der Waals surface area (Å²) in [6, 6.07) is 11.2. The molecule has 0 aliphatic heterocycles. The van der Waals surface area contributed by atoms with Crippen LogP contribution in [0.3, 0.4) is 0 Å². The van der Waals surface area contributed by atoms with Crippen LogP contribution in [0.1, 0.15) is 11.1 Å². The Morgan fingerprint density at radius 2 is 1.90 bits per heavy atom. The molecule has 0 heterocycles. The molecule has 0 fully saturated rings. The van der Waals surface area contributed by atoms with Crippen LogP contribution in [0, 0.1) is 12.7 Å². The van der Waals surface area contributed by atoms with Gasteiger partial charge in [0.25, 0.3) is 0 Å². The van der Waals surface area contributed by atoms with Gasteiger partial charge in [-0.2, -0.15) is 0 Å². The first-order valence-corrected chi connectivity index (χ1v) is 6.98. The molecule has 3 nitrogen and oxygen atoms in total. The fourth-order valence-electron chi connectivity index (χ4n) is 1.91. The summed E-state index contributed by atoms with van der Waals surface area (Å²) >= 11 is 5.86. The molecular formula is C16H16ClFN2O. The summed E-state index contributed by atoms with van der Waals surface area (Å²) in [4.78, 5) is 11.8. The van der Waals surface area contributed by atoms with Crippen LogP contribution < -0.4 is 10.6 Å². The number of amides is 2. The van der Waals surface area contributed by atoms with Crippen molar-refractivity contribution < 1.29 is 9.18 Å². The number of halogens is 2. The van der Waals surface area contributed by atoms with Crippen LogP contribution in [0.2, 0.25) is 5.02 Å². The summed E-state index contributed by atoms with van der Waals surface area (Å²) in [5.41, 5.74) is 2.59. The van der Waals surface area contributed by atoms with Crippen molar-refractivity contribution in [3.63, 3.8) is 0 Å². The molecule has 2 aromatic rings. The number of urea groups is 1. The first-order chi connectivity index (χ1) is 10.0. The Labute approximate surface area is 128 Å². The third kappa shape index (κ3) is 4.76. The maximum Gasteiger partial charge on any atom is 0.319 e. The maximum atomic E-state index is 12.8. The molecule has 0 bridgehead atoms. The molecule has 0 aliphatic rings. The van der Waals surface area contributed by atoms with Crippen LogP contribution in [0.15, 0.2) is 42.5 Å². The minimum absolute atomic E-state index is 0.261. The fourth-order valence-corrected chi connectivity index (χ4v) is 2.13. The van der Waals surface area contributed by atoms with Crippen molar-refractivity contribution in [3.8, 4) is 0 Å². The van der Waals surface area contributed by atoms with Crippen LogP contribution in [0.5, 0.6) is 0 Å². The predicted molar refractivity (Wildman–Crippen MR) is 83.3 cm³/mol. The largest absolute Gasteiger partial charge is 0.338 e. The van der Waals surface area contributed by atoms with Gasteiger partial charge in [-0.15, -0.1) is 0 Å². The highest BCUT2D eigenvalue weighted by atomic mass is 35.5. The van der Waals surface area contributed by atoms with E-state index in [4.69, 9.17) is 11.6 Å². The number of aryl methyl sites for hydroxylation is 1. The van der Waals surface area contributed by atoms with Gasteiger partial charge >= 0.3 is 6.03 Å². The van der Waals surface area contributed by atoms with Crippen LogP contribution in [-0.2, 0) is 6.42 Å². The molecule has 0 atom stereocenters. The molecule has 0 saturated carbocycles. The number of hydrogen-bond donors (Lipinski definition) is 2. The van der Waals surface area contributed by atoms with Gasteiger partial charge in [-0.3, -0.25) is 0 Å². The van der Waals surface area contributed by atoms with E-state index in [0.717, 1.165) is 16.8 Å². The Hall–Kier alpha value is -2.07. The van der Waals surface area contributed by atoms with Crippen LogP contribution in [0.25, 0.3) is 0 Å². The van der Waals surface area contributed by atoms with Crippen LogP contribution in [-0.4, -0.2) is 12.6 Å². The average molecular weight is 307 g/mol. The number of benzene rings is 2. The van der Waals surface area contributed by atoms with Crippen molar-refractivity contribution in [1.29, 1.82) is 0 Å². The second-order valence-corrected chi connectivity index (χ2v) is 5.15. The van der Waals surface area contributed by atoms with Gasteiger partial charge in [0.05, 0.1) is 0 Å². The summed E-state index contributed by atoms with van der Waals surface area (Å²) in [6.45, 7) is 2.35. The SMILES string of the molecule is Cc1cc(Cl)ccc1NC(=O)NCCc1ccc(F)cc1. The van der Waals surface area contributed by atoms with Gasteiger partial charge in [0.15, 0.2) is 0 Å². The molecule has 0 spiro atoms. The summed E-state index contributed by atoms with van der Waals surface area (Å²) in [5.74, 6) is -0.261. The standard InChI is InChI=1S/C16H16ClFN2O/c1-11-10-13(17)4-7-15(11)20-16(21)19-9-8-12-2-5-14(18)6-3-12/h2-7,10H,8-9H2,1H3,(H2,19,20,21). The summed E-state index contributed by atoms with van der Waals surface area (Å²) in [7, 11) is 0. The lowest BCUT2D eigenvalue weighted by atomic mass is 10.1. The lowest BCUT2D eigenvalue weighted by molar-refractivity contribution is 0.252. The molecule has 110 valence electrons. The van der Waals surface area contributed by atoms with Gasteiger partial charge in [-0.1, -0.05) is 23.7 Å². The van der Waals surface area contributed by atoms with E-state index in [2.05, 4.69) is 10.6 Å². The van der Waals surface area contributed by atoms with Crippen LogP contribution in [0.4, 0.5) is 14.9 Å². The smallest absolute Gasteiger partial charge is 0.319 e. The van der Waals surface area contributed by atoms with Crippen molar-refractivity contribution >= 4 is 23.3 Å². The number of nitrogens with one attached hydrogen (secondary N) is 2. The summed E-state index contributed by atoms with van der Waals surface area (Å²) < 4.78 is 12.8. The quantitative estimate of drug-likeness (QED) is 0.875. The third-order valence-electron chi connectivity index (χ3n) is 3.05. The van der Waals surface area contributed by atoms with Crippen LogP contribution >= 0.6 is 11.6 Å². The van der Waals surface area contributed by atoms with E-state index < -0.39 is 0 Å². The number of anilines is 1. The molecule has 5 heteroatoms. The Bertz CT molecular complexity index is 629. The first kappa shape index (κ1) is 15.3.